The van der Waals surface area contributed by atoms with E-state index in [2.05, 4.69) is 15.4 Å². The van der Waals surface area contributed by atoms with Gasteiger partial charge in [0.2, 0.25) is 0 Å². The van der Waals surface area contributed by atoms with Crippen molar-refractivity contribution in [3.8, 4) is 0 Å². The molecule has 0 spiro atoms. The van der Waals surface area contributed by atoms with Gasteiger partial charge >= 0.3 is 0 Å². The van der Waals surface area contributed by atoms with Gasteiger partial charge in [-0.05, 0) is 67.4 Å². The maximum atomic E-state index is 13.5. The highest BCUT2D eigenvalue weighted by atomic mass is 19.1. The Kier molecular flexibility index (Phi) is 6.33. The largest absolute Gasteiger partial charge is 0.348 e. The molecule has 182 valence electrons. The zero-order valence-corrected chi connectivity index (χ0v) is 20.1. The van der Waals surface area contributed by atoms with Gasteiger partial charge in [-0.3, -0.25) is 14.3 Å². The predicted octanol–water partition coefficient (Wildman–Crippen LogP) is 4.72. The number of carbonyl (C=O) groups excluding carboxylic acids is 2. The van der Waals surface area contributed by atoms with Crippen LogP contribution in [-0.2, 0) is 6.54 Å². The van der Waals surface area contributed by atoms with Gasteiger partial charge in [0.15, 0.2) is 5.82 Å². The van der Waals surface area contributed by atoms with E-state index in [-0.39, 0.29) is 36.1 Å². The molecule has 1 aliphatic rings. The lowest BCUT2D eigenvalue weighted by molar-refractivity contribution is 0.0949. The van der Waals surface area contributed by atoms with E-state index in [1.165, 1.54) is 12.1 Å². The van der Waals surface area contributed by atoms with Crippen molar-refractivity contribution >= 4 is 17.5 Å². The van der Waals surface area contributed by atoms with Gasteiger partial charge in [-0.15, -0.1) is 0 Å². The minimum Gasteiger partial charge on any atom is -0.348 e. The summed E-state index contributed by atoms with van der Waals surface area (Å²) in [7, 11) is 0. The van der Waals surface area contributed by atoms with Crippen LogP contribution in [0, 0.1) is 5.82 Å². The van der Waals surface area contributed by atoms with E-state index in [1.807, 2.05) is 32.0 Å². The molecule has 0 saturated heterocycles. The first kappa shape index (κ1) is 23.4. The summed E-state index contributed by atoms with van der Waals surface area (Å²) in [6.45, 7) is 4.62. The number of amides is 2. The van der Waals surface area contributed by atoms with Crippen LogP contribution in [-0.4, -0.2) is 33.1 Å². The van der Waals surface area contributed by atoms with E-state index < -0.39 is 0 Å². The molecule has 0 aliphatic carbocycles. The number of nitrogens with zero attached hydrogens (tertiary/aromatic N) is 4. The molecule has 1 N–H and O–H groups in total. The molecule has 2 amide bonds. The second-order valence-electron chi connectivity index (χ2n) is 9.10. The van der Waals surface area contributed by atoms with E-state index in [9.17, 15) is 14.0 Å². The normalized spacial score (nSPS) is 14.7. The van der Waals surface area contributed by atoms with Gasteiger partial charge in [-0.1, -0.05) is 30.3 Å². The minimum atomic E-state index is -0.348. The van der Waals surface area contributed by atoms with Crippen molar-refractivity contribution in [2.75, 3.05) is 11.4 Å². The number of halogens is 1. The first-order valence-electron chi connectivity index (χ1n) is 11.8. The summed E-state index contributed by atoms with van der Waals surface area (Å²) in [6.07, 6.45) is 1.69. The molecule has 8 heteroatoms. The molecule has 1 aromatic heterocycles. The Morgan fingerprint density at radius 3 is 2.56 bits per heavy atom. The number of hydrogen-bond acceptors (Lipinski definition) is 4. The predicted molar refractivity (Wildman–Crippen MR) is 134 cm³/mol. The molecule has 0 radical (unpaired) electrons. The van der Waals surface area contributed by atoms with E-state index in [4.69, 9.17) is 0 Å². The lowest BCUT2D eigenvalue weighted by atomic mass is 9.98. The molecule has 36 heavy (non-hydrogen) atoms. The molecule has 1 aliphatic heterocycles. The fourth-order valence-electron chi connectivity index (χ4n) is 4.38. The van der Waals surface area contributed by atoms with Crippen LogP contribution in [0.4, 0.5) is 10.1 Å². The van der Waals surface area contributed by atoms with Gasteiger partial charge in [0.1, 0.15) is 12.1 Å². The maximum Gasteiger partial charge on any atom is 0.258 e. The van der Waals surface area contributed by atoms with Crippen molar-refractivity contribution in [3.05, 3.63) is 113 Å². The van der Waals surface area contributed by atoms with Crippen LogP contribution >= 0.6 is 0 Å². The highest BCUT2D eigenvalue weighted by Crippen LogP contribution is 2.40. The second kappa shape index (κ2) is 9.73. The Labute approximate surface area is 208 Å². The molecule has 0 saturated carbocycles. The summed E-state index contributed by atoms with van der Waals surface area (Å²) < 4.78 is 15.3. The van der Waals surface area contributed by atoms with Gasteiger partial charge in [-0.2, -0.15) is 5.10 Å². The summed E-state index contributed by atoms with van der Waals surface area (Å²) in [5.74, 6) is -0.423. The number of rotatable bonds is 6. The molecule has 7 nitrogen and oxygen atoms in total. The van der Waals surface area contributed by atoms with Crippen LogP contribution in [0.15, 0.2) is 79.1 Å². The van der Waals surface area contributed by atoms with E-state index in [1.54, 1.807) is 58.4 Å². The quantitative estimate of drug-likeness (QED) is 0.430. The highest BCUT2D eigenvalue weighted by Gasteiger charge is 2.36. The van der Waals surface area contributed by atoms with Crippen LogP contribution < -0.4 is 10.2 Å². The summed E-state index contributed by atoms with van der Waals surface area (Å²) in [4.78, 5) is 32.6. The smallest absolute Gasteiger partial charge is 0.258 e. The number of carbonyl (C=O) groups is 2. The standard InChI is InChI=1S/C28H26FN5O2/c1-18(2)34-17-31-26(32-34)24-16-33(28(36)20-8-4-3-5-9-20)25-12-11-21(14-23(24)25)27(35)30-15-19-7-6-10-22(29)13-19/h3-14,17-18,24H,15-16H2,1-2H3,(H,30,35). The average Bonchev–Trinajstić information content (AvgIpc) is 3.52. The Balaban J connectivity index is 1.46. The summed E-state index contributed by atoms with van der Waals surface area (Å²) >= 11 is 0. The first-order valence-corrected chi connectivity index (χ1v) is 11.8. The highest BCUT2D eigenvalue weighted by molar-refractivity contribution is 6.08. The molecule has 1 atom stereocenters. The molecule has 4 aromatic rings. The summed E-state index contributed by atoms with van der Waals surface area (Å²) in [5.41, 5.74) is 3.26. The minimum absolute atomic E-state index is 0.119. The van der Waals surface area contributed by atoms with Gasteiger partial charge in [0, 0.05) is 35.9 Å². The monoisotopic (exact) mass is 483 g/mol. The SMILES string of the molecule is CC(C)n1cnc(C2CN(C(=O)c3ccccc3)c3ccc(C(=O)NCc4cccc(F)c4)cc32)n1. The molecular formula is C28H26FN5O2. The number of aromatic nitrogens is 3. The molecule has 1 unspecified atom stereocenters. The second-order valence-corrected chi connectivity index (χ2v) is 9.10. The number of anilines is 1. The van der Waals surface area contributed by atoms with Crippen molar-refractivity contribution in [2.24, 2.45) is 0 Å². The first-order chi connectivity index (χ1) is 17.4. The fourth-order valence-corrected chi connectivity index (χ4v) is 4.38. The fraction of sp³-hybridized carbons (Fsp3) is 0.214. The van der Waals surface area contributed by atoms with Crippen molar-refractivity contribution in [3.63, 3.8) is 0 Å². The van der Waals surface area contributed by atoms with Gasteiger partial charge in [-0.25, -0.2) is 9.37 Å². The molecule has 3 aromatic carbocycles. The number of hydrogen-bond donors (Lipinski definition) is 1. The lowest BCUT2D eigenvalue weighted by Gasteiger charge is -2.18. The summed E-state index contributed by atoms with van der Waals surface area (Å²) in [5, 5.41) is 7.49. The average molecular weight is 484 g/mol. The molecule has 0 fully saturated rings. The van der Waals surface area contributed by atoms with Crippen molar-refractivity contribution in [1.82, 2.24) is 20.1 Å². The van der Waals surface area contributed by atoms with Crippen LogP contribution in [0.25, 0.3) is 0 Å². The van der Waals surface area contributed by atoms with E-state index in [0.717, 1.165) is 11.3 Å². The van der Waals surface area contributed by atoms with Crippen molar-refractivity contribution in [2.45, 2.75) is 32.4 Å². The topological polar surface area (TPSA) is 80.1 Å². The van der Waals surface area contributed by atoms with Gasteiger partial charge < -0.3 is 10.2 Å². The third-order valence-electron chi connectivity index (χ3n) is 6.30. The Bertz CT molecular complexity index is 1420. The molecule has 5 rings (SSSR count). The third-order valence-corrected chi connectivity index (χ3v) is 6.30. The number of nitrogens with one attached hydrogen (secondary N) is 1. The zero-order chi connectivity index (χ0) is 25.2. The zero-order valence-electron chi connectivity index (χ0n) is 20.1. The molecular weight excluding hydrogens is 457 g/mol. The van der Waals surface area contributed by atoms with Crippen molar-refractivity contribution < 1.29 is 14.0 Å². The third kappa shape index (κ3) is 4.62. The Morgan fingerprint density at radius 1 is 1.03 bits per heavy atom. The van der Waals surface area contributed by atoms with Crippen LogP contribution in [0.2, 0.25) is 0 Å². The van der Waals surface area contributed by atoms with E-state index >= 15 is 0 Å². The number of fused-ring (bicyclic) bond motifs is 1. The van der Waals surface area contributed by atoms with Crippen LogP contribution in [0.1, 0.15) is 63.5 Å². The van der Waals surface area contributed by atoms with Crippen LogP contribution in [0.5, 0.6) is 0 Å². The maximum absolute atomic E-state index is 13.5. The Morgan fingerprint density at radius 2 is 1.83 bits per heavy atom. The molecule has 2 heterocycles. The molecule has 0 bridgehead atoms. The summed E-state index contributed by atoms with van der Waals surface area (Å²) in [6, 6.07) is 20.7. The van der Waals surface area contributed by atoms with E-state index in [0.29, 0.717) is 29.1 Å². The van der Waals surface area contributed by atoms with Crippen LogP contribution in [0.3, 0.4) is 0 Å². The van der Waals surface area contributed by atoms with Crippen molar-refractivity contribution in [1.29, 1.82) is 0 Å². The van der Waals surface area contributed by atoms with Gasteiger partial charge in [0.25, 0.3) is 11.8 Å². The lowest BCUT2D eigenvalue weighted by Crippen LogP contribution is -2.30. The number of benzene rings is 3. The van der Waals surface area contributed by atoms with Gasteiger partial charge in [0.05, 0.1) is 5.92 Å². The Hall–Kier alpha value is -4.33.